The van der Waals surface area contributed by atoms with Crippen LogP contribution in [0.15, 0.2) is 24.4 Å². The van der Waals surface area contributed by atoms with Gasteiger partial charge in [0.05, 0.1) is 18.3 Å². The fourth-order valence-electron chi connectivity index (χ4n) is 3.76. The number of nitrogens with zero attached hydrogens (tertiary/aromatic N) is 4. The maximum Gasteiger partial charge on any atom is 0.157 e. The number of rotatable bonds is 5. The second-order valence-corrected chi connectivity index (χ2v) is 7.91. The van der Waals surface area contributed by atoms with Crippen molar-refractivity contribution in [3.8, 4) is 17.1 Å². The molecule has 146 valence electrons. The summed E-state index contributed by atoms with van der Waals surface area (Å²) >= 11 is 6.51. The van der Waals surface area contributed by atoms with Gasteiger partial charge in [-0.05, 0) is 44.4 Å². The van der Waals surface area contributed by atoms with Gasteiger partial charge in [0.2, 0.25) is 0 Å². The van der Waals surface area contributed by atoms with Crippen molar-refractivity contribution in [2.45, 2.75) is 37.6 Å². The maximum absolute atomic E-state index is 6.51. The fourth-order valence-corrected chi connectivity index (χ4v) is 3.96. The Labute approximate surface area is 168 Å². The van der Waals surface area contributed by atoms with Crippen molar-refractivity contribution in [2.75, 3.05) is 25.5 Å². The lowest BCUT2D eigenvalue weighted by atomic mass is 10.1. The van der Waals surface area contributed by atoms with Gasteiger partial charge < -0.3 is 15.4 Å². The molecule has 7 nitrogen and oxygen atoms in total. The number of imidazole rings is 1. The Morgan fingerprint density at radius 3 is 2.93 bits per heavy atom. The summed E-state index contributed by atoms with van der Waals surface area (Å²) in [6, 6.07) is 6.12. The number of nitrogens with one attached hydrogen (secondary N) is 2. The first kappa shape index (κ1) is 17.7. The van der Waals surface area contributed by atoms with Crippen molar-refractivity contribution >= 4 is 23.1 Å². The van der Waals surface area contributed by atoms with Gasteiger partial charge >= 0.3 is 0 Å². The maximum atomic E-state index is 6.51. The lowest BCUT2D eigenvalue weighted by molar-refractivity contribution is 0.405. The predicted molar refractivity (Wildman–Crippen MR) is 109 cm³/mol. The van der Waals surface area contributed by atoms with E-state index in [1.165, 1.54) is 6.42 Å². The number of pyridine rings is 1. The van der Waals surface area contributed by atoms with Crippen LogP contribution < -0.4 is 15.4 Å². The van der Waals surface area contributed by atoms with Gasteiger partial charge in [0.15, 0.2) is 5.65 Å². The number of piperidine rings is 1. The number of methoxy groups -OCH3 is 1. The van der Waals surface area contributed by atoms with Gasteiger partial charge in [-0.1, -0.05) is 11.6 Å². The average Bonchev–Trinajstić information content (AvgIpc) is 3.49. The number of fused-ring (bicyclic) bond motifs is 1. The quantitative estimate of drug-likeness (QED) is 0.685. The van der Waals surface area contributed by atoms with Crippen LogP contribution in [0.25, 0.3) is 17.0 Å². The van der Waals surface area contributed by atoms with Crippen molar-refractivity contribution in [1.29, 1.82) is 0 Å². The molecule has 0 amide bonds. The zero-order valence-electron chi connectivity index (χ0n) is 15.8. The zero-order valence-corrected chi connectivity index (χ0v) is 16.5. The number of anilines is 1. The van der Waals surface area contributed by atoms with Crippen molar-refractivity contribution in [3.05, 3.63) is 35.1 Å². The molecule has 1 saturated heterocycles. The molecular formula is C20H23ClN6O. The van der Waals surface area contributed by atoms with E-state index in [9.17, 15) is 0 Å². The van der Waals surface area contributed by atoms with E-state index in [2.05, 4.69) is 15.6 Å². The molecule has 1 atom stereocenters. The summed E-state index contributed by atoms with van der Waals surface area (Å²) in [4.78, 5) is 9.29. The Balaban J connectivity index is 1.53. The molecule has 2 fully saturated rings. The molecule has 1 saturated carbocycles. The smallest absolute Gasteiger partial charge is 0.157 e. The second-order valence-electron chi connectivity index (χ2n) is 7.50. The first-order valence-corrected chi connectivity index (χ1v) is 10.2. The molecule has 0 radical (unpaired) electrons. The van der Waals surface area contributed by atoms with E-state index in [1.807, 2.05) is 22.7 Å². The molecule has 0 aromatic carbocycles. The summed E-state index contributed by atoms with van der Waals surface area (Å²) in [5.74, 6) is 2.08. The molecule has 1 unspecified atom stereocenters. The predicted octanol–water partition coefficient (Wildman–Crippen LogP) is 3.49. The van der Waals surface area contributed by atoms with Crippen molar-refractivity contribution in [1.82, 2.24) is 24.9 Å². The van der Waals surface area contributed by atoms with E-state index < -0.39 is 0 Å². The highest BCUT2D eigenvalue weighted by Gasteiger charge is 2.30. The molecule has 8 heteroatoms. The average molecular weight is 399 g/mol. The zero-order chi connectivity index (χ0) is 19.1. The Hall–Kier alpha value is -2.38. The van der Waals surface area contributed by atoms with Gasteiger partial charge in [-0.2, -0.15) is 5.10 Å². The second kappa shape index (κ2) is 7.22. The van der Waals surface area contributed by atoms with Gasteiger partial charge in [0, 0.05) is 24.6 Å². The van der Waals surface area contributed by atoms with Gasteiger partial charge in [-0.25, -0.2) is 14.5 Å². The molecule has 1 aliphatic carbocycles. The van der Waals surface area contributed by atoms with E-state index in [0.29, 0.717) is 22.7 Å². The van der Waals surface area contributed by atoms with Crippen LogP contribution in [0.5, 0.6) is 5.75 Å². The van der Waals surface area contributed by atoms with Crippen molar-refractivity contribution in [2.24, 2.45) is 0 Å². The van der Waals surface area contributed by atoms with Crippen LogP contribution in [-0.2, 0) is 0 Å². The lowest BCUT2D eigenvalue weighted by Gasteiger charge is -2.24. The molecule has 0 spiro atoms. The van der Waals surface area contributed by atoms with E-state index >= 15 is 0 Å². The van der Waals surface area contributed by atoms with Crippen molar-refractivity contribution < 1.29 is 4.74 Å². The van der Waals surface area contributed by atoms with E-state index in [4.69, 9.17) is 26.4 Å². The van der Waals surface area contributed by atoms with Crippen molar-refractivity contribution in [3.63, 3.8) is 0 Å². The minimum absolute atomic E-state index is 0.376. The number of aromatic nitrogens is 4. The molecule has 3 aromatic heterocycles. The Kier molecular flexibility index (Phi) is 4.56. The summed E-state index contributed by atoms with van der Waals surface area (Å²) in [7, 11) is 1.68. The third-order valence-electron chi connectivity index (χ3n) is 5.41. The topological polar surface area (TPSA) is 76.4 Å². The first-order valence-electron chi connectivity index (χ1n) is 9.80. The molecular weight excluding hydrogens is 376 g/mol. The first-order chi connectivity index (χ1) is 13.7. The van der Waals surface area contributed by atoms with Crippen LogP contribution in [0.2, 0.25) is 5.02 Å². The minimum Gasteiger partial charge on any atom is -0.495 e. The highest BCUT2D eigenvalue weighted by Crippen LogP contribution is 2.43. The summed E-state index contributed by atoms with van der Waals surface area (Å²) in [5, 5.41) is 12.3. The Bertz CT molecular complexity index is 1010. The summed E-state index contributed by atoms with van der Waals surface area (Å²) in [6.07, 6.45) is 6.37. The van der Waals surface area contributed by atoms with Crippen LogP contribution in [0.3, 0.4) is 0 Å². The molecule has 2 N–H and O–H groups in total. The summed E-state index contributed by atoms with van der Waals surface area (Å²) in [5.41, 5.74) is 3.18. The normalized spacial score (nSPS) is 19.7. The third kappa shape index (κ3) is 3.29. The Morgan fingerprint density at radius 1 is 1.29 bits per heavy atom. The Morgan fingerprint density at radius 2 is 2.18 bits per heavy atom. The lowest BCUT2D eigenvalue weighted by Crippen LogP contribution is -2.38. The highest BCUT2D eigenvalue weighted by atomic mass is 35.5. The van der Waals surface area contributed by atoms with Gasteiger partial charge in [-0.3, -0.25) is 0 Å². The van der Waals surface area contributed by atoms with E-state index in [0.717, 1.165) is 61.0 Å². The summed E-state index contributed by atoms with van der Waals surface area (Å²) in [6.45, 7) is 2.03. The molecule has 0 bridgehead atoms. The molecule has 1 aliphatic heterocycles. The van der Waals surface area contributed by atoms with Crippen LogP contribution in [0.4, 0.5) is 5.82 Å². The van der Waals surface area contributed by atoms with Crippen LogP contribution in [0, 0.1) is 0 Å². The molecule has 28 heavy (non-hydrogen) atoms. The van der Waals surface area contributed by atoms with E-state index in [1.54, 1.807) is 13.3 Å². The SMILES string of the molecule is COc1cc2ncc(-c3nc(NC4CCCNC4)ccc3Cl)n2nc1C1CC1. The number of hydrogen-bond acceptors (Lipinski definition) is 6. The number of halogens is 1. The monoisotopic (exact) mass is 398 g/mol. The molecule has 2 aliphatic rings. The number of ether oxygens (including phenoxy) is 1. The van der Waals surface area contributed by atoms with Gasteiger partial charge in [0.1, 0.15) is 28.6 Å². The molecule has 4 heterocycles. The molecule has 3 aromatic rings. The largest absolute Gasteiger partial charge is 0.495 e. The standard InChI is InChI=1S/C20H23ClN6O/c1-28-16-9-18-23-11-15(27(18)26-19(16)12-4-5-12)20-14(21)6-7-17(25-20)24-13-3-2-8-22-10-13/h6-7,9,11-13,22H,2-5,8,10H2,1H3,(H,24,25). The third-order valence-corrected chi connectivity index (χ3v) is 5.71. The molecule has 5 rings (SSSR count). The van der Waals surface area contributed by atoms with Gasteiger partial charge in [-0.15, -0.1) is 0 Å². The van der Waals surface area contributed by atoms with Crippen LogP contribution >= 0.6 is 11.6 Å². The van der Waals surface area contributed by atoms with Gasteiger partial charge in [0.25, 0.3) is 0 Å². The summed E-state index contributed by atoms with van der Waals surface area (Å²) < 4.78 is 7.35. The fraction of sp³-hybridized carbons (Fsp3) is 0.450. The van der Waals surface area contributed by atoms with Crippen LogP contribution in [0.1, 0.15) is 37.3 Å². The van der Waals surface area contributed by atoms with Crippen LogP contribution in [-0.4, -0.2) is 45.8 Å². The minimum atomic E-state index is 0.376. The van der Waals surface area contributed by atoms with E-state index in [-0.39, 0.29) is 0 Å². The number of hydrogen-bond donors (Lipinski definition) is 2. The highest BCUT2D eigenvalue weighted by molar-refractivity contribution is 6.33.